The highest BCUT2D eigenvalue weighted by Gasteiger charge is 2.05. The van der Waals surface area contributed by atoms with Gasteiger partial charge in [0.05, 0.1) is 7.11 Å². The Balaban J connectivity index is 2.33. The Labute approximate surface area is 100 Å². The van der Waals surface area contributed by atoms with E-state index < -0.39 is 0 Å². The van der Waals surface area contributed by atoms with Gasteiger partial charge in [-0.1, -0.05) is 23.7 Å². The highest BCUT2D eigenvalue weighted by atomic mass is 35.5. The molecule has 5 heteroatoms. The van der Waals surface area contributed by atoms with Crippen LogP contribution in [-0.4, -0.2) is 31.8 Å². The molecular weight excluding hydrogens is 228 g/mol. The van der Waals surface area contributed by atoms with Crippen molar-refractivity contribution in [3.8, 4) is 0 Å². The van der Waals surface area contributed by atoms with E-state index in [9.17, 15) is 4.79 Å². The minimum absolute atomic E-state index is 0.260. The molecule has 0 aliphatic carbocycles. The van der Waals surface area contributed by atoms with Crippen molar-refractivity contribution in [1.29, 1.82) is 0 Å². The summed E-state index contributed by atoms with van der Waals surface area (Å²) in [5, 5.41) is 4.56. The van der Waals surface area contributed by atoms with Crippen LogP contribution in [0, 0.1) is 0 Å². The predicted octanol–water partition coefficient (Wildman–Crippen LogP) is 2.09. The lowest BCUT2D eigenvalue weighted by atomic mass is 10.1. The van der Waals surface area contributed by atoms with E-state index in [0.717, 1.165) is 17.0 Å². The van der Waals surface area contributed by atoms with Crippen molar-refractivity contribution in [3.05, 3.63) is 34.9 Å². The lowest BCUT2D eigenvalue weighted by molar-refractivity contribution is -0.0646. The van der Waals surface area contributed by atoms with Gasteiger partial charge < -0.3 is 5.32 Å². The Morgan fingerprint density at radius 2 is 2.31 bits per heavy atom. The van der Waals surface area contributed by atoms with Gasteiger partial charge in [-0.05, 0) is 24.1 Å². The maximum absolute atomic E-state index is 11.3. The second-order valence-corrected chi connectivity index (χ2v) is 3.73. The fourth-order valence-corrected chi connectivity index (χ4v) is 1.41. The Morgan fingerprint density at radius 1 is 1.56 bits per heavy atom. The third-order valence-electron chi connectivity index (χ3n) is 2.14. The van der Waals surface area contributed by atoms with Crippen LogP contribution in [0.2, 0.25) is 5.02 Å². The number of nitrogens with zero attached hydrogens (tertiary/aromatic N) is 1. The minimum atomic E-state index is -0.260. The van der Waals surface area contributed by atoms with E-state index in [2.05, 4.69) is 5.32 Å². The lowest BCUT2D eigenvalue weighted by Gasteiger charge is -2.14. The average molecular weight is 243 g/mol. The minimum Gasteiger partial charge on any atom is -0.336 e. The molecule has 1 aromatic carbocycles. The van der Waals surface area contributed by atoms with Gasteiger partial charge in [0.2, 0.25) is 0 Å². The Morgan fingerprint density at radius 3 is 2.94 bits per heavy atom. The number of rotatable bonds is 4. The molecule has 0 spiro atoms. The monoisotopic (exact) mass is 242 g/mol. The zero-order chi connectivity index (χ0) is 12.0. The molecule has 0 aliphatic rings. The first-order valence-corrected chi connectivity index (χ1v) is 5.31. The topological polar surface area (TPSA) is 41.6 Å². The molecule has 0 fully saturated rings. The second kappa shape index (κ2) is 6.35. The first-order chi connectivity index (χ1) is 7.63. The van der Waals surface area contributed by atoms with Gasteiger partial charge in [-0.3, -0.25) is 4.84 Å². The largest absolute Gasteiger partial charge is 0.341 e. The molecule has 1 rings (SSSR count). The summed E-state index contributed by atoms with van der Waals surface area (Å²) in [4.78, 5) is 16.0. The number of hydrogen-bond acceptors (Lipinski definition) is 2. The molecule has 2 amide bonds. The molecule has 0 aliphatic heterocycles. The van der Waals surface area contributed by atoms with Crippen molar-refractivity contribution in [3.63, 3.8) is 0 Å². The third-order valence-corrected chi connectivity index (χ3v) is 2.37. The number of hydroxylamine groups is 2. The second-order valence-electron chi connectivity index (χ2n) is 3.29. The number of amides is 2. The number of nitrogens with one attached hydrogen (secondary N) is 1. The molecule has 1 N–H and O–H groups in total. The van der Waals surface area contributed by atoms with Gasteiger partial charge in [-0.15, -0.1) is 0 Å². The quantitative estimate of drug-likeness (QED) is 0.822. The third kappa shape index (κ3) is 4.08. The van der Waals surface area contributed by atoms with E-state index in [1.807, 2.05) is 24.3 Å². The molecule has 0 saturated heterocycles. The summed E-state index contributed by atoms with van der Waals surface area (Å²) in [6.07, 6.45) is 0.740. The number of benzene rings is 1. The molecule has 0 saturated carbocycles. The molecular formula is C11H15ClN2O2. The van der Waals surface area contributed by atoms with E-state index in [-0.39, 0.29) is 6.03 Å². The van der Waals surface area contributed by atoms with E-state index in [4.69, 9.17) is 16.4 Å². The van der Waals surface area contributed by atoms with Gasteiger partial charge in [0.25, 0.3) is 0 Å². The van der Waals surface area contributed by atoms with E-state index in [1.54, 1.807) is 7.05 Å². The zero-order valence-corrected chi connectivity index (χ0v) is 10.1. The van der Waals surface area contributed by atoms with Crippen LogP contribution in [0.3, 0.4) is 0 Å². The highest BCUT2D eigenvalue weighted by molar-refractivity contribution is 6.30. The van der Waals surface area contributed by atoms with Crippen LogP contribution < -0.4 is 5.32 Å². The van der Waals surface area contributed by atoms with Gasteiger partial charge in [-0.2, -0.15) is 0 Å². The first-order valence-electron chi connectivity index (χ1n) is 4.93. The number of halogens is 1. The molecule has 16 heavy (non-hydrogen) atoms. The summed E-state index contributed by atoms with van der Waals surface area (Å²) in [6.45, 7) is 0.548. The number of carbonyl (C=O) groups is 1. The SMILES string of the molecule is CON(C)C(=O)NCCc1cccc(Cl)c1. The summed E-state index contributed by atoms with van der Waals surface area (Å²) in [5.74, 6) is 0. The smallest absolute Gasteiger partial charge is 0.336 e. The molecule has 0 unspecified atom stereocenters. The number of hydrogen-bond donors (Lipinski definition) is 1. The first kappa shape index (κ1) is 12.8. The summed E-state index contributed by atoms with van der Waals surface area (Å²) in [7, 11) is 2.99. The van der Waals surface area contributed by atoms with Crippen LogP contribution >= 0.6 is 11.6 Å². The van der Waals surface area contributed by atoms with Crippen molar-refractivity contribution < 1.29 is 9.63 Å². The fraction of sp³-hybridized carbons (Fsp3) is 0.364. The summed E-state index contributed by atoms with van der Waals surface area (Å²) < 4.78 is 0. The maximum Gasteiger partial charge on any atom is 0.341 e. The Bertz CT molecular complexity index is 358. The number of carbonyl (C=O) groups excluding carboxylic acids is 1. The van der Waals surface area contributed by atoms with Crippen molar-refractivity contribution in [2.24, 2.45) is 0 Å². The van der Waals surface area contributed by atoms with Gasteiger partial charge >= 0.3 is 6.03 Å². The fourth-order valence-electron chi connectivity index (χ4n) is 1.20. The molecule has 4 nitrogen and oxygen atoms in total. The van der Waals surface area contributed by atoms with Gasteiger partial charge in [0.1, 0.15) is 0 Å². The van der Waals surface area contributed by atoms with Crippen molar-refractivity contribution in [2.75, 3.05) is 20.7 Å². The van der Waals surface area contributed by atoms with Gasteiger partial charge in [0.15, 0.2) is 0 Å². The van der Waals surface area contributed by atoms with Crippen LogP contribution in [0.4, 0.5) is 4.79 Å². The van der Waals surface area contributed by atoms with Crippen LogP contribution in [0.15, 0.2) is 24.3 Å². The van der Waals surface area contributed by atoms with Crippen molar-refractivity contribution in [1.82, 2.24) is 10.4 Å². The molecule has 88 valence electrons. The zero-order valence-electron chi connectivity index (χ0n) is 9.37. The summed E-state index contributed by atoms with van der Waals surface area (Å²) in [6, 6.07) is 7.30. The van der Waals surface area contributed by atoms with E-state index in [1.165, 1.54) is 7.11 Å². The van der Waals surface area contributed by atoms with Crippen LogP contribution in [0.1, 0.15) is 5.56 Å². The molecule has 0 atom stereocenters. The molecule has 0 radical (unpaired) electrons. The predicted molar refractivity (Wildman–Crippen MR) is 63.3 cm³/mol. The van der Waals surface area contributed by atoms with Crippen LogP contribution in [-0.2, 0) is 11.3 Å². The Hall–Kier alpha value is -1.26. The standard InChI is InChI=1S/C11H15ClN2O2/c1-14(16-2)11(15)13-7-6-9-4-3-5-10(12)8-9/h3-5,8H,6-7H2,1-2H3,(H,13,15). The van der Waals surface area contributed by atoms with Crippen molar-refractivity contribution in [2.45, 2.75) is 6.42 Å². The Kier molecular flexibility index (Phi) is 5.08. The molecule has 0 aromatic heterocycles. The maximum atomic E-state index is 11.3. The summed E-state index contributed by atoms with van der Waals surface area (Å²) >= 11 is 5.84. The van der Waals surface area contributed by atoms with Crippen LogP contribution in [0.5, 0.6) is 0 Å². The van der Waals surface area contributed by atoms with Gasteiger partial charge in [0, 0.05) is 18.6 Å². The normalized spacial score (nSPS) is 9.94. The van der Waals surface area contributed by atoms with Crippen molar-refractivity contribution >= 4 is 17.6 Å². The highest BCUT2D eigenvalue weighted by Crippen LogP contribution is 2.10. The summed E-state index contributed by atoms with van der Waals surface area (Å²) in [5.41, 5.74) is 1.09. The number of urea groups is 1. The van der Waals surface area contributed by atoms with Gasteiger partial charge in [-0.25, -0.2) is 9.86 Å². The van der Waals surface area contributed by atoms with E-state index >= 15 is 0 Å². The van der Waals surface area contributed by atoms with Crippen LogP contribution in [0.25, 0.3) is 0 Å². The van der Waals surface area contributed by atoms with E-state index in [0.29, 0.717) is 11.6 Å². The molecule has 0 bridgehead atoms. The molecule has 0 heterocycles. The average Bonchev–Trinajstić information content (AvgIpc) is 2.28. The lowest BCUT2D eigenvalue weighted by Crippen LogP contribution is -2.37. The molecule has 1 aromatic rings.